The second kappa shape index (κ2) is 7.42. The Bertz CT molecular complexity index is 630. The monoisotopic (exact) mass is 304 g/mol. The summed E-state index contributed by atoms with van der Waals surface area (Å²) in [6.07, 6.45) is -0.390. The van der Waals surface area contributed by atoms with Crippen LogP contribution in [0.25, 0.3) is 10.9 Å². The fourth-order valence-electron chi connectivity index (χ4n) is 2.52. The van der Waals surface area contributed by atoms with Gasteiger partial charge in [-0.25, -0.2) is 0 Å². The Labute approximate surface area is 131 Å². The standard InChI is InChI=1S/C17H24N2O3/c1-5-21-16(22-6-2)12-18(3)17(20)15-11-13-9-7-8-10-14(13)19(15)4/h7-11,16H,5-6,12H2,1-4H3. The normalized spacial score (nSPS) is 11.3. The predicted molar refractivity (Wildman–Crippen MR) is 86.9 cm³/mol. The van der Waals surface area contributed by atoms with Crippen LogP contribution < -0.4 is 0 Å². The highest BCUT2D eigenvalue weighted by atomic mass is 16.7. The Morgan fingerprint density at radius 2 is 1.86 bits per heavy atom. The highest BCUT2D eigenvalue weighted by Crippen LogP contribution is 2.19. The molecular formula is C17H24N2O3. The van der Waals surface area contributed by atoms with Gasteiger partial charge in [0.05, 0.1) is 6.54 Å². The van der Waals surface area contributed by atoms with Gasteiger partial charge in [-0.2, -0.15) is 0 Å². The number of aryl methyl sites for hydroxylation is 1. The van der Waals surface area contributed by atoms with Gasteiger partial charge in [0, 0.05) is 38.2 Å². The van der Waals surface area contributed by atoms with E-state index in [2.05, 4.69) is 0 Å². The molecule has 5 heteroatoms. The van der Waals surface area contributed by atoms with Gasteiger partial charge in [0.15, 0.2) is 6.29 Å². The van der Waals surface area contributed by atoms with Crippen LogP contribution in [0.1, 0.15) is 24.3 Å². The quantitative estimate of drug-likeness (QED) is 0.739. The van der Waals surface area contributed by atoms with Crippen molar-refractivity contribution in [3.8, 4) is 0 Å². The Hall–Kier alpha value is -1.85. The van der Waals surface area contributed by atoms with Gasteiger partial charge in [-0.3, -0.25) is 4.79 Å². The number of hydrogen-bond donors (Lipinski definition) is 0. The maximum atomic E-state index is 12.7. The van der Waals surface area contributed by atoms with Crippen LogP contribution in [-0.2, 0) is 16.5 Å². The summed E-state index contributed by atoms with van der Waals surface area (Å²) in [6, 6.07) is 9.89. The molecule has 0 saturated heterocycles. The predicted octanol–water partition coefficient (Wildman–Crippen LogP) is 2.65. The average Bonchev–Trinajstić information content (AvgIpc) is 2.84. The Morgan fingerprint density at radius 3 is 2.45 bits per heavy atom. The summed E-state index contributed by atoms with van der Waals surface area (Å²) in [5.41, 5.74) is 1.71. The van der Waals surface area contributed by atoms with Crippen molar-refractivity contribution < 1.29 is 14.3 Å². The van der Waals surface area contributed by atoms with Gasteiger partial charge in [-0.1, -0.05) is 18.2 Å². The summed E-state index contributed by atoms with van der Waals surface area (Å²) in [4.78, 5) is 14.3. The molecule has 0 aliphatic heterocycles. The highest BCUT2D eigenvalue weighted by Gasteiger charge is 2.20. The number of amides is 1. The first-order valence-corrected chi connectivity index (χ1v) is 7.61. The van der Waals surface area contributed by atoms with E-state index in [1.165, 1.54) is 0 Å². The summed E-state index contributed by atoms with van der Waals surface area (Å²) in [5.74, 6) is -0.0388. The third-order valence-corrected chi connectivity index (χ3v) is 3.65. The molecule has 0 fully saturated rings. The fourth-order valence-corrected chi connectivity index (χ4v) is 2.52. The summed E-state index contributed by atoms with van der Waals surface area (Å²) in [5, 5.41) is 1.06. The van der Waals surface area contributed by atoms with Crippen molar-refractivity contribution in [2.45, 2.75) is 20.1 Å². The van der Waals surface area contributed by atoms with Gasteiger partial charge in [0.1, 0.15) is 5.69 Å². The molecule has 0 bridgehead atoms. The van der Waals surface area contributed by atoms with Crippen molar-refractivity contribution in [2.24, 2.45) is 7.05 Å². The van der Waals surface area contributed by atoms with Crippen LogP contribution in [-0.4, -0.2) is 48.5 Å². The molecule has 0 N–H and O–H groups in total. The molecule has 22 heavy (non-hydrogen) atoms. The van der Waals surface area contributed by atoms with Crippen LogP contribution in [0.3, 0.4) is 0 Å². The maximum absolute atomic E-state index is 12.7. The summed E-state index contributed by atoms with van der Waals surface area (Å²) < 4.78 is 12.9. The van der Waals surface area contributed by atoms with Gasteiger partial charge >= 0.3 is 0 Å². The third kappa shape index (κ3) is 3.48. The molecule has 0 saturated carbocycles. The van der Waals surface area contributed by atoms with E-state index in [1.54, 1.807) is 11.9 Å². The molecule has 1 aromatic carbocycles. The van der Waals surface area contributed by atoms with Gasteiger partial charge in [-0.05, 0) is 26.0 Å². The van der Waals surface area contributed by atoms with Crippen LogP contribution in [0.2, 0.25) is 0 Å². The molecule has 0 spiro atoms. The third-order valence-electron chi connectivity index (χ3n) is 3.65. The zero-order valence-corrected chi connectivity index (χ0v) is 13.7. The Balaban J connectivity index is 2.16. The lowest BCUT2D eigenvalue weighted by atomic mass is 10.2. The minimum atomic E-state index is -0.390. The number of benzene rings is 1. The van der Waals surface area contributed by atoms with Crippen LogP contribution in [0, 0.1) is 0 Å². The van der Waals surface area contributed by atoms with Gasteiger partial charge in [0.2, 0.25) is 0 Å². The van der Waals surface area contributed by atoms with Crippen molar-refractivity contribution in [3.63, 3.8) is 0 Å². The lowest BCUT2D eigenvalue weighted by molar-refractivity contribution is -0.141. The second-order valence-corrected chi connectivity index (χ2v) is 5.17. The first-order chi connectivity index (χ1) is 10.6. The molecule has 0 aliphatic rings. The SMILES string of the molecule is CCOC(CN(C)C(=O)c1cc2ccccc2n1C)OCC. The van der Waals surface area contributed by atoms with E-state index in [0.29, 0.717) is 25.5 Å². The van der Waals surface area contributed by atoms with Crippen molar-refractivity contribution in [2.75, 3.05) is 26.8 Å². The number of hydrogen-bond acceptors (Lipinski definition) is 3. The van der Waals surface area contributed by atoms with E-state index in [-0.39, 0.29) is 5.91 Å². The van der Waals surface area contributed by atoms with Crippen molar-refractivity contribution >= 4 is 16.8 Å². The number of carbonyl (C=O) groups excluding carboxylic acids is 1. The number of nitrogens with zero attached hydrogens (tertiary/aromatic N) is 2. The molecule has 0 radical (unpaired) electrons. The van der Waals surface area contributed by atoms with Crippen LogP contribution in [0.15, 0.2) is 30.3 Å². The van der Waals surface area contributed by atoms with E-state index in [9.17, 15) is 4.79 Å². The molecule has 0 unspecified atom stereocenters. The van der Waals surface area contributed by atoms with Crippen molar-refractivity contribution in [1.29, 1.82) is 0 Å². The lowest BCUT2D eigenvalue weighted by Gasteiger charge is -2.24. The smallest absolute Gasteiger partial charge is 0.270 e. The van der Waals surface area contributed by atoms with Crippen molar-refractivity contribution in [3.05, 3.63) is 36.0 Å². The molecule has 1 heterocycles. The first-order valence-electron chi connectivity index (χ1n) is 7.61. The lowest BCUT2D eigenvalue weighted by Crippen LogP contribution is -2.37. The molecule has 0 aliphatic carbocycles. The zero-order valence-electron chi connectivity index (χ0n) is 13.7. The van der Waals surface area contributed by atoms with E-state index in [0.717, 1.165) is 10.9 Å². The minimum Gasteiger partial charge on any atom is -0.351 e. The minimum absolute atomic E-state index is 0.0388. The largest absolute Gasteiger partial charge is 0.351 e. The Kier molecular flexibility index (Phi) is 5.57. The zero-order chi connectivity index (χ0) is 16.1. The number of para-hydroxylation sites is 1. The topological polar surface area (TPSA) is 43.7 Å². The summed E-state index contributed by atoms with van der Waals surface area (Å²) >= 11 is 0. The molecule has 2 aromatic rings. The number of carbonyl (C=O) groups is 1. The maximum Gasteiger partial charge on any atom is 0.270 e. The molecule has 120 valence electrons. The van der Waals surface area contributed by atoms with E-state index >= 15 is 0 Å². The van der Waals surface area contributed by atoms with Crippen molar-refractivity contribution in [1.82, 2.24) is 9.47 Å². The molecule has 2 rings (SSSR count). The number of ether oxygens (including phenoxy) is 2. The number of aromatic nitrogens is 1. The highest BCUT2D eigenvalue weighted by molar-refractivity contribution is 5.98. The molecule has 5 nitrogen and oxygen atoms in total. The summed E-state index contributed by atoms with van der Waals surface area (Å²) in [7, 11) is 3.68. The Morgan fingerprint density at radius 1 is 1.23 bits per heavy atom. The van der Waals surface area contributed by atoms with Crippen LogP contribution in [0.5, 0.6) is 0 Å². The summed E-state index contributed by atoms with van der Waals surface area (Å²) in [6.45, 7) is 5.35. The second-order valence-electron chi connectivity index (χ2n) is 5.17. The van der Waals surface area contributed by atoms with Gasteiger partial charge in [-0.15, -0.1) is 0 Å². The number of fused-ring (bicyclic) bond motifs is 1. The van der Waals surface area contributed by atoms with E-state index in [4.69, 9.17) is 9.47 Å². The van der Waals surface area contributed by atoms with Crippen LogP contribution in [0.4, 0.5) is 0 Å². The van der Waals surface area contributed by atoms with E-state index < -0.39 is 6.29 Å². The van der Waals surface area contributed by atoms with Gasteiger partial charge < -0.3 is 18.9 Å². The average molecular weight is 304 g/mol. The number of rotatable bonds is 7. The van der Waals surface area contributed by atoms with Crippen LogP contribution >= 0.6 is 0 Å². The first kappa shape index (κ1) is 16.5. The molecular weight excluding hydrogens is 280 g/mol. The molecule has 1 aromatic heterocycles. The number of likely N-dealkylation sites (N-methyl/N-ethyl adjacent to an activating group) is 1. The van der Waals surface area contributed by atoms with E-state index in [1.807, 2.05) is 55.8 Å². The fraction of sp³-hybridized carbons (Fsp3) is 0.471. The van der Waals surface area contributed by atoms with Gasteiger partial charge in [0.25, 0.3) is 5.91 Å². The molecule has 1 amide bonds. The molecule has 0 atom stereocenters.